The van der Waals surface area contributed by atoms with Crippen molar-refractivity contribution < 1.29 is 4.39 Å². The zero-order valence-electron chi connectivity index (χ0n) is 4.97. The maximum Gasteiger partial charge on any atom is 0.126 e. The summed E-state index contributed by atoms with van der Waals surface area (Å²) in [6, 6.07) is 6.78. The van der Waals surface area contributed by atoms with Gasteiger partial charge in [0.1, 0.15) is 5.82 Å². The lowest BCUT2D eigenvalue weighted by atomic mass is 10.2. The highest BCUT2D eigenvalue weighted by Crippen LogP contribution is 2.09. The highest BCUT2D eigenvalue weighted by molar-refractivity contribution is 7.15. The zero-order chi connectivity index (χ0) is 6.69. The van der Waals surface area contributed by atoms with Crippen LogP contribution in [0.4, 0.5) is 4.39 Å². The Labute approximate surface area is 56.3 Å². The molecule has 0 fully saturated rings. The van der Waals surface area contributed by atoms with Gasteiger partial charge in [-0.3, -0.25) is 0 Å². The predicted octanol–water partition coefficient (Wildman–Crippen LogP) is 2.20. The lowest BCUT2D eigenvalue weighted by Crippen LogP contribution is -1.81. The van der Waals surface area contributed by atoms with Crippen molar-refractivity contribution in [3.05, 3.63) is 35.6 Å². The largest absolute Gasteiger partial charge is 0.207 e. The van der Waals surface area contributed by atoms with Crippen LogP contribution in [0.15, 0.2) is 24.3 Å². The predicted molar refractivity (Wildman–Crippen MR) is 39.8 cm³/mol. The molecule has 0 spiro atoms. The first-order valence-electron chi connectivity index (χ1n) is 2.78. The van der Waals surface area contributed by atoms with E-state index in [1.54, 1.807) is 12.1 Å². The lowest BCUT2D eigenvalue weighted by Gasteiger charge is -1.94. The van der Waals surface area contributed by atoms with Crippen LogP contribution in [0.25, 0.3) is 0 Å². The number of rotatable bonds is 1. The molecule has 1 atom stereocenters. The van der Waals surface area contributed by atoms with Crippen molar-refractivity contribution in [2.75, 3.05) is 0 Å². The number of hydrogen-bond acceptors (Lipinski definition) is 0. The molecular weight excluding hydrogens is 134 g/mol. The van der Waals surface area contributed by atoms with Gasteiger partial charge in [0.2, 0.25) is 0 Å². The van der Waals surface area contributed by atoms with Gasteiger partial charge in [0.05, 0.1) is 0 Å². The van der Waals surface area contributed by atoms with Crippen molar-refractivity contribution in [3.8, 4) is 0 Å². The third-order valence-electron chi connectivity index (χ3n) is 1.18. The van der Waals surface area contributed by atoms with Crippen molar-refractivity contribution in [2.45, 2.75) is 6.16 Å². The van der Waals surface area contributed by atoms with Crippen molar-refractivity contribution >= 4 is 9.24 Å². The Morgan fingerprint density at radius 1 is 1.33 bits per heavy atom. The van der Waals surface area contributed by atoms with Crippen LogP contribution in [0, 0.1) is 5.82 Å². The first-order valence-corrected chi connectivity index (χ1v) is 3.59. The Bertz CT molecular complexity index is 198. The van der Waals surface area contributed by atoms with Gasteiger partial charge < -0.3 is 0 Å². The Morgan fingerprint density at radius 3 is 2.44 bits per heavy atom. The van der Waals surface area contributed by atoms with Gasteiger partial charge in [-0.15, -0.1) is 9.24 Å². The molecule has 0 aromatic heterocycles. The molecule has 1 aromatic rings. The molecule has 1 unspecified atom stereocenters. The Morgan fingerprint density at radius 2 is 2.00 bits per heavy atom. The summed E-state index contributed by atoms with van der Waals surface area (Å²) in [7, 11) is 2.49. The minimum absolute atomic E-state index is 0.118. The summed E-state index contributed by atoms with van der Waals surface area (Å²) in [5.41, 5.74) is 0.752. The van der Waals surface area contributed by atoms with E-state index in [0.717, 1.165) is 5.56 Å². The summed E-state index contributed by atoms with van der Waals surface area (Å²) in [4.78, 5) is 0. The lowest BCUT2D eigenvalue weighted by molar-refractivity contribution is 0.617. The second kappa shape index (κ2) is 2.93. The van der Waals surface area contributed by atoms with Crippen molar-refractivity contribution in [3.63, 3.8) is 0 Å². The average molecular weight is 142 g/mol. The smallest absolute Gasteiger partial charge is 0.126 e. The van der Waals surface area contributed by atoms with E-state index in [1.807, 2.05) is 6.07 Å². The van der Waals surface area contributed by atoms with Crippen molar-refractivity contribution in [2.24, 2.45) is 0 Å². The topological polar surface area (TPSA) is 0 Å². The normalized spacial score (nSPS) is 9.56. The third kappa shape index (κ3) is 1.49. The second-order valence-electron chi connectivity index (χ2n) is 1.80. The van der Waals surface area contributed by atoms with E-state index < -0.39 is 0 Å². The first-order chi connectivity index (χ1) is 4.34. The molecule has 0 nitrogen and oxygen atoms in total. The molecule has 1 rings (SSSR count). The van der Waals surface area contributed by atoms with Crippen LogP contribution < -0.4 is 0 Å². The van der Waals surface area contributed by atoms with Gasteiger partial charge in [-0.25, -0.2) is 4.39 Å². The molecule has 0 aliphatic rings. The molecule has 0 amide bonds. The summed E-state index contributed by atoms with van der Waals surface area (Å²) < 4.78 is 12.6. The molecule has 48 valence electrons. The summed E-state index contributed by atoms with van der Waals surface area (Å²) in [5.74, 6) is -0.118. The maximum absolute atomic E-state index is 12.6. The SMILES string of the molecule is Fc1ccccc1CP. The third-order valence-corrected chi connectivity index (χ3v) is 1.62. The fraction of sp³-hybridized carbons (Fsp3) is 0.143. The van der Waals surface area contributed by atoms with Crippen LogP contribution in [0.5, 0.6) is 0 Å². The summed E-state index contributed by atoms with van der Waals surface area (Å²) in [6.07, 6.45) is 0.687. The molecule has 0 bridgehead atoms. The number of benzene rings is 1. The summed E-state index contributed by atoms with van der Waals surface area (Å²) in [5, 5.41) is 0. The van der Waals surface area contributed by atoms with E-state index in [2.05, 4.69) is 9.24 Å². The van der Waals surface area contributed by atoms with E-state index in [-0.39, 0.29) is 5.82 Å². The molecule has 0 N–H and O–H groups in total. The van der Waals surface area contributed by atoms with Crippen molar-refractivity contribution in [1.29, 1.82) is 0 Å². The van der Waals surface area contributed by atoms with Gasteiger partial charge in [-0.2, -0.15) is 0 Å². The first kappa shape index (κ1) is 6.70. The van der Waals surface area contributed by atoms with E-state index >= 15 is 0 Å². The van der Waals surface area contributed by atoms with Crippen LogP contribution in [0.1, 0.15) is 5.56 Å². The molecule has 1 aromatic carbocycles. The Balaban J connectivity index is 3.01. The molecule has 0 saturated carbocycles. The van der Waals surface area contributed by atoms with Crippen LogP contribution in [0.2, 0.25) is 0 Å². The average Bonchev–Trinajstić information content (AvgIpc) is 1.89. The van der Waals surface area contributed by atoms with E-state index in [9.17, 15) is 4.39 Å². The molecule has 0 aliphatic heterocycles. The zero-order valence-corrected chi connectivity index (χ0v) is 6.13. The van der Waals surface area contributed by atoms with Crippen LogP contribution in [0.3, 0.4) is 0 Å². The fourth-order valence-corrected chi connectivity index (χ4v) is 0.995. The van der Waals surface area contributed by atoms with Crippen molar-refractivity contribution in [1.82, 2.24) is 0 Å². The van der Waals surface area contributed by atoms with Gasteiger partial charge >= 0.3 is 0 Å². The molecule has 0 saturated heterocycles. The number of hydrogen-bond donors (Lipinski definition) is 0. The number of halogens is 1. The molecule has 0 radical (unpaired) electrons. The fourth-order valence-electron chi connectivity index (χ4n) is 0.664. The highest BCUT2D eigenvalue weighted by Gasteiger charge is 1.93. The quantitative estimate of drug-likeness (QED) is 0.527. The van der Waals surface area contributed by atoms with Crippen LogP contribution >= 0.6 is 9.24 Å². The molecule has 0 aliphatic carbocycles. The molecule has 9 heavy (non-hydrogen) atoms. The minimum Gasteiger partial charge on any atom is -0.207 e. The van der Waals surface area contributed by atoms with Gasteiger partial charge in [0.25, 0.3) is 0 Å². The maximum atomic E-state index is 12.6. The monoisotopic (exact) mass is 142 g/mol. The van der Waals surface area contributed by atoms with E-state index in [4.69, 9.17) is 0 Å². The molecule has 0 heterocycles. The highest BCUT2D eigenvalue weighted by atomic mass is 31.0. The Hall–Kier alpha value is -0.420. The standard InChI is InChI=1S/C7H8FP/c8-7-4-2-1-3-6(7)5-9/h1-4H,5,9H2. The Kier molecular flexibility index (Phi) is 2.18. The van der Waals surface area contributed by atoms with Gasteiger partial charge in [0.15, 0.2) is 0 Å². The van der Waals surface area contributed by atoms with Gasteiger partial charge in [-0.1, -0.05) is 18.2 Å². The van der Waals surface area contributed by atoms with E-state index in [1.165, 1.54) is 6.07 Å². The summed E-state index contributed by atoms with van der Waals surface area (Å²) >= 11 is 0. The van der Waals surface area contributed by atoms with E-state index in [0.29, 0.717) is 6.16 Å². The van der Waals surface area contributed by atoms with Gasteiger partial charge in [-0.05, 0) is 17.8 Å². The minimum atomic E-state index is -0.118. The second-order valence-corrected chi connectivity index (χ2v) is 2.20. The van der Waals surface area contributed by atoms with Gasteiger partial charge in [0, 0.05) is 0 Å². The van der Waals surface area contributed by atoms with Crippen LogP contribution in [-0.2, 0) is 6.16 Å². The molecule has 2 heteroatoms. The molecular formula is C7H8FP. The summed E-state index contributed by atoms with van der Waals surface area (Å²) in [6.45, 7) is 0. The van der Waals surface area contributed by atoms with Crippen LogP contribution in [-0.4, -0.2) is 0 Å².